The molecule has 3 aromatic rings. The normalized spacial score (nSPS) is 17.0. The van der Waals surface area contributed by atoms with Crippen LogP contribution in [-0.2, 0) is 22.7 Å². The first kappa shape index (κ1) is 16.2. The Balaban J connectivity index is 1.34. The van der Waals surface area contributed by atoms with Gasteiger partial charge in [-0.05, 0) is 45.7 Å². The van der Waals surface area contributed by atoms with Crippen molar-refractivity contribution in [3.8, 4) is 0 Å². The summed E-state index contributed by atoms with van der Waals surface area (Å²) in [6.45, 7) is 1.30. The highest BCUT2D eigenvalue weighted by molar-refractivity contribution is 5.89. The van der Waals surface area contributed by atoms with Gasteiger partial charge in [0.1, 0.15) is 11.0 Å². The summed E-state index contributed by atoms with van der Waals surface area (Å²) in [6.07, 6.45) is 3.63. The van der Waals surface area contributed by atoms with Gasteiger partial charge in [-0.15, -0.1) is 0 Å². The molecule has 1 saturated heterocycles. The summed E-state index contributed by atoms with van der Waals surface area (Å²) in [5.74, 6) is -0.451. The van der Waals surface area contributed by atoms with E-state index < -0.39 is 0 Å². The Kier molecular flexibility index (Phi) is 4.30. The smallest absolute Gasteiger partial charge is 0.225 e. The van der Waals surface area contributed by atoms with Crippen LogP contribution >= 0.6 is 0 Å². The maximum atomic E-state index is 12.4. The molecular formula is C18H17N5O3. The molecule has 0 aliphatic carbocycles. The number of carbonyl (C=O) groups is 2. The summed E-state index contributed by atoms with van der Waals surface area (Å²) in [5.41, 5.74) is 3.23. The fourth-order valence-electron chi connectivity index (χ4n) is 3.08. The van der Waals surface area contributed by atoms with E-state index in [9.17, 15) is 9.59 Å². The van der Waals surface area contributed by atoms with Gasteiger partial charge in [0.15, 0.2) is 0 Å². The Bertz CT molecular complexity index is 940. The molecule has 1 unspecified atom stereocenters. The molecule has 1 aliphatic heterocycles. The molecular weight excluding hydrogens is 334 g/mol. The van der Waals surface area contributed by atoms with E-state index in [-0.39, 0.29) is 24.2 Å². The van der Waals surface area contributed by atoms with Crippen LogP contribution in [0.4, 0.5) is 0 Å². The van der Waals surface area contributed by atoms with Crippen LogP contribution in [0.3, 0.4) is 0 Å². The van der Waals surface area contributed by atoms with Crippen LogP contribution in [0.2, 0.25) is 0 Å². The average Bonchev–Trinajstić information content (AvgIpc) is 3.27. The second kappa shape index (κ2) is 6.91. The van der Waals surface area contributed by atoms with Crippen molar-refractivity contribution < 1.29 is 14.2 Å². The van der Waals surface area contributed by atoms with Crippen LogP contribution in [0.25, 0.3) is 11.0 Å². The Morgan fingerprint density at radius 3 is 2.81 bits per heavy atom. The number of pyridine rings is 1. The van der Waals surface area contributed by atoms with Crippen molar-refractivity contribution in [1.29, 1.82) is 0 Å². The van der Waals surface area contributed by atoms with E-state index in [1.807, 2.05) is 24.3 Å². The molecule has 1 aliphatic rings. The Morgan fingerprint density at radius 2 is 1.96 bits per heavy atom. The molecule has 1 atom stereocenters. The topological polar surface area (TPSA) is 101 Å². The monoisotopic (exact) mass is 351 g/mol. The van der Waals surface area contributed by atoms with Crippen molar-refractivity contribution >= 4 is 22.8 Å². The average molecular weight is 351 g/mol. The van der Waals surface area contributed by atoms with Crippen molar-refractivity contribution in [1.82, 2.24) is 25.5 Å². The van der Waals surface area contributed by atoms with E-state index in [0.29, 0.717) is 30.7 Å². The SMILES string of the molecule is O=C(NCc1ccc2nonc2c1)C1CC(=O)N(Cc2ccncc2)C1. The third kappa shape index (κ3) is 3.39. The lowest BCUT2D eigenvalue weighted by Crippen LogP contribution is -2.32. The quantitative estimate of drug-likeness (QED) is 0.743. The maximum Gasteiger partial charge on any atom is 0.225 e. The molecule has 1 aromatic carbocycles. The lowest BCUT2D eigenvalue weighted by atomic mass is 10.1. The number of carbonyl (C=O) groups excluding carboxylic acids is 2. The molecule has 4 rings (SSSR count). The number of nitrogens with zero attached hydrogens (tertiary/aromatic N) is 4. The third-order valence-corrected chi connectivity index (χ3v) is 4.49. The van der Waals surface area contributed by atoms with E-state index in [4.69, 9.17) is 0 Å². The summed E-state index contributed by atoms with van der Waals surface area (Å²) < 4.78 is 4.66. The summed E-state index contributed by atoms with van der Waals surface area (Å²) in [4.78, 5) is 30.3. The number of fused-ring (bicyclic) bond motifs is 1. The molecule has 0 spiro atoms. The first-order valence-electron chi connectivity index (χ1n) is 8.34. The fourth-order valence-corrected chi connectivity index (χ4v) is 3.08. The van der Waals surface area contributed by atoms with Crippen LogP contribution in [0.5, 0.6) is 0 Å². The van der Waals surface area contributed by atoms with Gasteiger partial charge in [0.25, 0.3) is 0 Å². The molecule has 0 saturated carbocycles. The van der Waals surface area contributed by atoms with Crippen LogP contribution in [-0.4, -0.2) is 38.6 Å². The van der Waals surface area contributed by atoms with E-state index in [1.165, 1.54) is 0 Å². The number of aromatic nitrogens is 3. The second-order valence-corrected chi connectivity index (χ2v) is 6.34. The molecule has 8 heteroatoms. The molecule has 8 nitrogen and oxygen atoms in total. The van der Waals surface area contributed by atoms with Gasteiger partial charge >= 0.3 is 0 Å². The molecule has 3 heterocycles. The number of likely N-dealkylation sites (tertiary alicyclic amines) is 1. The minimum absolute atomic E-state index is 0.00273. The Hall–Kier alpha value is -3.29. The van der Waals surface area contributed by atoms with Crippen molar-refractivity contribution in [3.05, 3.63) is 53.9 Å². The van der Waals surface area contributed by atoms with Crippen molar-refractivity contribution in [2.75, 3.05) is 6.54 Å². The van der Waals surface area contributed by atoms with Crippen molar-refractivity contribution in [3.63, 3.8) is 0 Å². The summed E-state index contributed by atoms with van der Waals surface area (Å²) >= 11 is 0. The first-order valence-corrected chi connectivity index (χ1v) is 8.34. The molecule has 1 fully saturated rings. The second-order valence-electron chi connectivity index (χ2n) is 6.34. The number of hydrogen-bond acceptors (Lipinski definition) is 6. The highest BCUT2D eigenvalue weighted by Gasteiger charge is 2.34. The number of rotatable bonds is 5. The maximum absolute atomic E-state index is 12.4. The van der Waals surface area contributed by atoms with E-state index >= 15 is 0 Å². The molecule has 1 N–H and O–H groups in total. The molecule has 0 bridgehead atoms. The van der Waals surface area contributed by atoms with Crippen LogP contribution in [0.15, 0.2) is 47.4 Å². The number of nitrogens with one attached hydrogen (secondary N) is 1. The predicted molar refractivity (Wildman–Crippen MR) is 91.4 cm³/mol. The summed E-state index contributed by atoms with van der Waals surface area (Å²) in [5, 5.41) is 10.4. The van der Waals surface area contributed by atoms with Gasteiger partial charge in [0.2, 0.25) is 11.8 Å². The molecule has 26 heavy (non-hydrogen) atoms. The number of benzene rings is 1. The predicted octanol–water partition coefficient (Wildman–Crippen LogP) is 1.28. The Morgan fingerprint density at radius 1 is 1.15 bits per heavy atom. The molecule has 132 valence electrons. The highest BCUT2D eigenvalue weighted by Crippen LogP contribution is 2.20. The molecule has 0 radical (unpaired) electrons. The lowest BCUT2D eigenvalue weighted by molar-refractivity contribution is -0.129. The zero-order chi connectivity index (χ0) is 17.9. The van der Waals surface area contributed by atoms with E-state index in [0.717, 1.165) is 11.1 Å². The minimum atomic E-state index is -0.332. The van der Waals surface area contributed by atoms with E-state index in [1.54, 1.807) is 23.4 Å². The van der Waals surface area contributed by atoms with Gasteiger partial charge in [-0.3, -0.25) is 14.6 Å². The van der Waals surface area contributed by atoms with Crippen LogP contribution < -0.4 is 5.32 Å². The number of hydrogen-bond donors (Lipinski definition) is 1. The summed E-state index contributed by atoms with van der Waals surface area (Å²) in [7, 11) is 0. The largest absolute Gasteiger partial charge is 0.352 e. The van der Waals surface area contributed by atoms with Gasteiger partial charge in [-0.1, -0.05) is 6.07 Å². The first-order chi connectivity index (χ1) is 12.7. The van der Waals surface area contributed by atoms with Gasteiger partial charge in [-0.25, -0.2) is 4.63 Å². The van der Waals surface area contributed by atoms with Crippen LogP contribution in [0.1, 0.15) is 17.5 Å². The lowest BCUT2D eigenvalue weighted by Gasteiger charge is -2.16. The van der Waals surface area contributed by atoms with Crippen LogP contribution in [0, 0.1) is 5.92 Å². The zero-order valence-corrected chi connectivity index (χ0v) is 14.0. The van der Waals surface area contributed by atoms with Gasteiger partial charge in [-0.2, -0.15) is 0 Å². The molecule has 2 amide bonds. The highest BCUT2D eigenvalue weighted by atomic mass is 16.6. The standard InChI is InChI=1S/C18H17N5O3/c24-17-8-14(11-23(17)10-12-3-5-19-6-4-12)18(25)20-9-13-1-2-15-16(7-13)22-26-21-15/h1-7,14H,8-11H2,(H,20,25). The van der Waals surface area contributed by atoms with E-state index in [2.05, 4.69) is 25.2 Å². The number of amides is 2. The Labute approximate surface area is 149 Å². The van der Waals surface area contributed by atoms with Crippen molar-refractivity contribution in [2.45, 2.75) is 19.5 Å². The van der Waals surface area contributed by atoms with Gasteiger partial charge in [0.05, 0.1) is 5.92 Å². The fraction of sp³-hybridized carbons (Fsp3) is 0.278. The van der Waals surface area contributed by atoms with Gasteiger partial charge < -0.3 is 10.2 Å². The minimum Gasteiger partial charge on any atom is -0.352 e. The zero-order valence-electron chi connectivity index (χ0n) is 14.0. The third-order valence-electron chi connectivity index (χ3n) is 4.49. The molecule has 2 aromatic heterocycles. The van der Waals surface area contributed by atoms with Crippen molar-refractivity contribution in [2.24, 2.45) is 5.92 Å². The van der Waals surface area contributed by atoms with Gasteiger partial charge in [0, 0.05) is 38.4 Å². The summed E-state index contributed by atoms with van der Waals surface area (Å²) in [6, 6.07) is 9.22.